The number of nitrogens with one attached hydrogen (secondary N) is 1. The van der Waals surface area contributed by atoms with Crippen LogP contribution in [0.1, 0.15) is 23.8 Å². The lowest BCUT2D eigenvalue weighted by atomic mass is 9.93. The zero-order valence-electron chi connectivity index (χ0n) is 7.57. The standard InChI is InChI=1S/C10H15NOS/c12-10(9-4-2-6-13-9)8-3-1-5-11-7-8/h2,4,6,8,10-12H,1,3,5,7H2. The van der Waals surface area contributed by atoms with Crippen LogP contribution < -0.4 is 5.32 Å². The van der Waals surface area contributed by atoms with Gasteiger partial charge in [-0.1, -0.05) is 6.07 Å². The van der Waals surface area contributed by atoms with Crippen LogP contribution in [0.25, 0.3) is 0 Å². The van der Waals surface area contributed by atoms with Crippen LogP contribution in [-0.2, 0) is 0 Å². The number of hydrogen-bond donors (Lipinski definition) is 2. The second kappa shape index (κ2) is 4.22. The molecular formula is C10H15NOS. The van der Waals surface area contributed by atoms with Crippen LogP contribution >= 0.6 is 11.3 Å². The highest BCUT2D eigenvalue weighted by molar-refractivity contribution is 7.10. The number of rotatable bonds is 2. The number of thiophene rings is 1. The zero-order valence-corrected chi connectivity index (χ0v) is 8.39. The molecule has 0 radical (unpaired) electrons. The van der Waals surface area contributed by atoms with Gasteiger partial charge in [0, 0.05) is 17.3 Å². The first-order valence-corrected chi connectivity index (χ1v) is 5.68. The summed E-state index contributed by atoms with van der Waals surface area (Å²) in [4.78, 5) is 1.11. The van der Waals surface area contributed by atoms with Gasteiger partial charge in [-0.15, -0.1) is 11.3 Å². The Morgan fingerprint density at radius 2 is 2.54 bits per heavy atom. The van der Waals surface area contributed by atoms with Gasteiger partial charge in [0.25, 0.3) is 0 Å². The van der Waals surface area contributed by atoms with Crippen LogP contribution in [0.4, 0.5) is 0 Å². The number of aliphatic hydroxyl groups excluding tert-OH is 1. The quantitative estimate of drug-likeness (QED) is 0.757. The Morgan fingerprint density at radius 1 is 1.62 bits per heavy atom. The lowest BCUT2D eigenvalue weighted by molar-refractivity contribution is 0.0953. The Kier molecular flexibility index (Phi) is 2.98. The third-order valence-electron chi connectivity index (χ3n) is 2.62. The number of aliphatic hydroxyl groups is 1. The van der Waals surface area contributed by atoms with Gasteiger partial charge in [0.05, 0.1) is 6.10 Å². The van der Waals surface area contributed by atoms with Gasteiger partial charge in [-0.3, -0.25) is 0 Å². The third kappa shape index (κ3) is 2.10. The molecule has 0 aromatic carbocycles. The lowest BCUT2D eigenvalue weighted by Gasteiger charge is -2.26. The topological polar surface area (TPSA) is 32.3 Å². The van der Waals surface area contributed by atoms with E-state index in [0.717, 1.165) is 24.4 Å². The normalized spacial score (nSPS) is 25.8. The van der Waals surface area contributed by atoms with Gasteiger partial charge < -0.3 is 10.4 Å². The van der Waals surface area contributed by atoms with E-state index in [1.54, 1.807) is 11.3 Å². The Bertz CT molecular complexity index is 241. The minimum Gasteiger partial charge on any atom is -0.387 e. The van der Waals surface area contributed by atoms with Crippen molar-refractivity contribution in [1.29, 1.82) is 0 Å². The minimum absolute atomic E-state index is 0.257. The molecule has 0 spiro atoms. The van der Waals surface area contributed by atoms with E-state index in [1.807, 2.05) is 17.5 Å². The van der Waals surface area contributed by atoms with E-state index in [2.05, 4.69) is 5.32 Å². The molecular weight excluding hydrogens is 182 g/mol. The maximum atomic E-state index is 10.0. The molecule has 1 saturated heterocycles. The Balaban J connectivity index is 1.99. The number of piperidine rings is 1. The first-order chi connectivity index (χ1) is 6.38. The molecule has 2 N–H and O–H groups in total. The van der Waals surface area contributed by atoms with Crippen molar-refractivity contribution in [2.24, 2.45) is 5.92 Å². The van der Waals surface area contributed by atoms with Crippen LogP contribution in [-0.4, -0.2) is 18.2 Å². The van der Waals surface area contributed by atoms with Crippen LogP contribution in [0, 0.1) is 5.92 Å². The largest absolute Gasteiger partial charge is 0.387 e. The van der Waals surface area contributed by atoms with E-state index < -0.39 is 0 Å². The van der Waals surface area contributed by atoms with Crippen molar-refractivity contribution in [2.75, 3.05) is 13.1 Å². The fraction of sp³-hybridized carbons (Fsp3) is 0.600. The molecule has 2 rings (SSSR count). The Labute approximate surface area is 82.6 Å². The van der Waals surface area contributed by atoms with Gasteiger partial charge in [0.2, 0.25) is 0 Å². The average molecular weight is 197 g/mol. The Morgan fingerprint density at radius 3 is 3.15 bits per heavy atom. The fourth-order valence-electron chi connectivity index (χ4n) is 1.84. The SMILES string of the molecule is OC(c1cccs1)C1CCCNC1. The fourth-order valence-corrected chi connectivity index (χ4v) is 2.64. The van der Waals surface area contributed by atoms with Crippen LogP contribution in [0.15, 0.2) is 17.5 Å². The monoisotopic (exact) mass is 197 g/mol. The number of hydrogen-bond acceptors (Lipinski definition) is 3. The second-order valence-corrected chi connectivity index (χ2v) is 4.55. The van der Waals surface area contributed by atoms with Crippen LogP contribution in [0.3, 0.4) is 0 Å². The molecule has 1 aliphatic rings. The van der Waals surface area contributed by atoms with Crippen molar-refractivity contribution in [3.63, 3.8) is 0 Å². The molecule has 2 nitrogen and oxygen atoms in total. The summed E-state index contributed by atoms with van der Waals surface area (Å²) in [6, 6.07) is 4.02. The van der Waals surface area contributed by atoms with E-state index in [9.17, 15) is 5.11 Å². The first kappa shape index (κ1) is 9.19. The maximum absolute atomic E-state index is 10.0. The first-order valence-electron chi connectivity index (χ1n) is 4.80. The smallest absolute Gasteiger partial charge is 0.0922 e. The van der Waals surface area contributed by atoms with Gasteiger partial charge in [-0.25, -0.2) is 0 Å². The van der Waals surface area contributed by atoms with Gasteiger partial charge in [0.1, 0.15) is 0 Å². The molecule has 13 heavy (non-hydrogen) atoms. The molecule has 0 bridgehead atoms. The van der Waals surface area contributed by atoms with Crippen molar-refractivity contribution >= 4 is 11.3 Å². The van der Waals surface area contributed by atoms with Crippen LogP contribution in [0.5, 0.6) is 0 Å². The van der Waals surface area contributed by atoms with E-state index in [1.165, 1.54) is 6.42 Å². The maximum Gasteiger partial charge on any atom is 0.0922 e. The minimum atomic E-state index is -0.257. The van der Waals surface area contributed by atoms with Crippen molar-refractivity contribution in [1.82, 2.24) is 5.32 Å². The molecule has 0 saturated carbocycles. The van der Waals surface area contributed by atoms with Crippen molar-refractivity contribution in [2.45, 2.75) is 18.9 Å². The molecule has 1 fully saturated rings. The molecule has 2 atom stereocenters. The van der Waals surface area contributed by atoms with E-state index >= 15 is 0 Å². The molecule has 1 aliphatic heterocycles. The molecule has 1 aromatic rings. The second-order valence-electron chi connectivity index (χ2n) is 3.57. The predicted molar refractivity (Wildman–Crippen MR) is 54.9 cm³/mol. The highest BCUT2D eigenvalue weighted by atomic mass is 32.1. The van der Waals surface area contributed by atoms with Gasteiger partial charge in [-0.05, 0) is 30.8 Å². The highest BCUT2D eigenvalue weighted by Crippen LogP contribution is 2.29. The molecule has 3 heteroatoms. The van der Waals surface area contributed by atoms with Crippen molar-refractivity contribution in [3.05, 3.63) is 22.4 Å². The van der Waals surface area contributed by atoms with E-state index in [4.69, 9.17) is 0 Å². The molecule has 1 aromatic heterocycles. The predicted octanol–water partition coefficient (Wildman–Crippen LogP) is 1.78. The van der Waals surface area contributed by atoms with E-state index in [-0.39, 0.29) is 6.10 Å². The van der Waals surface area contributed by atoms with Gasteiger partial charge in [0.15, 0.2) is 0 Å². The molecule has 72 valence electrons. The molecule has 0 aliphatic carbocycles. The summed E-state index contributed by atoms with van der Waals surface area (Å²) < 4.78 is 0. The molecule has 0 amide bonds. The van der Waals surface area contributed by atoms with Crippen molar-refractivity contribution < 1.29 is 5.11 Å². The summed E-state index contributed by atoms with van der Waals surface area (Å²) >= 11 is 1.65. The third-order valence-corrected chi connectivity index (χ3v) is 3.56. The summed E-state index contributed by atoms with van der Waals surface area (Å²) in [5.41, 5.74) is 0. The zero-order chi connectivity index (χ0) is 9.10. The van der Waals surface area contributed by atoms with Crippen molar-refractivity contribution in [3.8, 4) is 0 Å². The van der Waals surface area contributed by atoms with Crippen LogP contribution in [0.2, 0.25) is 0 Å². The summed E-state index contributed by atoms with van der Waals surface area (Å²) in [6.45, 7) is 2.06. The Hall–Kier alpha value is -0.380. The summed E-state index contributed by atoms with van der Waals surface area (Å²) in [7, 11) is 0. The van der Waals surface area contributed by atoms with Gasteiger partial charge >= 0.3 is 0 Å². The summed E-state index contributed by atoms with van der Waals surface area (Å²) in [5.74, 6) is 0.410. The lowest BCUT2D eigenvalue weighted by Crippen LogP contribution is -2.33. The summed E-state index contributed by atoms with van der Waals surface area (Å²) in [5, 5.41) is 15.3. The average Bonchev–Trinajstić information content (AvgIpc) is 2.71. The highest BCUT2D eigenvalue weighted by Gasteiger charge is 2.23. The summed E-state index contributed by atoms with van der Waals surface area (Å²) in [6.07, 6.45) is 2.08. The molecule has 2 unspecified atom stereocenters. The van der Waals surface area contributed by atoms with Gasteiger partial charge in [-0.2, -0.15) is 0 Å². The molecule has 2 heterocycles. The van der Waals surface area contributed by atoms with E-state index in [0.29, 0.717) is 5.92 Å².